The zero-order chi connectivity index (χ0) is 34.3. The molecular formula is C43H85NO3. The molecule has 0 aliphatic rings. The molecule has 47 heavy (non-hydrogen) atoms. The van der Waals surface area contributed by atoms with Gasteiger partial charge in [0.25, 0.3) is 0 Å². The summed E-state index contributed by atoms with van der Waals surface area (Å²) in [4.78, 5) is 12.3. The number of aliphatic hydroxyl groups is 2. The highest BCUT2D eigenvalue weighted by Gasteiger charge is 2.19. The van der Waals surface area contributed by atoms with E-state index in [1.54, 1.807) is 0 Å². The van der Waals surface area contributed by atoms with Gasteiger partial charge >= 0.3 is 0 Å². The fourth-order valence-corrected chi connectivity index (χ4v) is 6.72. The number of allylic oxidation sites excluding steroid dienone is 2. The number of rotatable bonds is 39. The number of nitrogens with one attached hydrogen (secondary N) is 1. The lowest BCUT2D eigenvalue weighted by Crippen LogP contribution is -2.45. The second-order valence-electron chi connectivity index (χ2n) is 14.8. The molecule has 2 unspecified atom stereocenters. The summed E-state index contributed by atoms with van der Waals surface area (Å²) in [5.74, 6) is -0.0413. The molecule has 0 aliphatic carbocycles. The first-order valence-corrected chi connectivity index (χ1v) is 21.4. The van der Waals surface area contributed by atoms with E-state index in [9.17, 15) is 15.0 Å². The number of hydrogen-bond acceptors (Lipinski definition) is 3. The molecular weight excluding hydrogens is 578 g/mol. The third-order valence-electron chi connectivity index (χ3n) is 10.0. The number of unbranched alkanes of at least 4 members (excludes halogenated alkanes) is 30. The Balaban J connectivity index is 3.42. The third-order valence-corrected chi connectivity index (χ3v) is 10.0. The van der Waals surface area contributed by atoms with Gasteiger partial charge in [0.05, 0.1) is 18.8 Å². The summed E-state index contributed by atoms with van der Waals surface area (Å²) in [6, 6.07) is -0.535. The summed E-state index contributed by atoms with van der Waals surface area (Å²) in [7, 11) is 0. The SMILES string of the molecule is CCC/C=C\CCCCCCCC(=O)NC(CO)C(O)CCCCCCCCCCCCCCCCCCCCCCCCCCC. The van der Waals surface area contributed by atoms with Crippen LogP contribution in [0.25, 0.3) is 0 Å². The number of carbonyl (C=O) groups excluding carboxylic acids is 1. The van der Waals surface area contributed by atoms with Crippen molar-refractivity contribution in [2.24, 2.45) is 0 Å². The highest BCUT2D eigenvalue weighted by Crippen LogP contribution is 2.17. The third kappa shape index (κ3) is 36.2. The van der Waals surface area contributed by atoms with E-state index < -0.39 is 12.1 Å². The van der Waals surface area contributed by atoms with Crippen molar-refractivity contribution in [3.63, 3.8) is 0 Å². The topological polar surface area (TPSA) is 69.6 Å². The lowest BCUT2D eigenvalue weighted by atomic mass is 10.0. The van der Waals surface area contributed by atoms with Crippen molar-refractivity contribution in [1.82, 2.24) is 5.32 Å². The molecule has 0 aromatic rings. The molecule has 3 N–H and O–H groups in total. The van der Waals surface area contributed by atoms with Crippen molar-refractivity contribution in [2.45, 2.75) is 251 Å². The molecule has 0 aliphatic heterocycles. The van der Waals surface area contributed by atoms with Crippen molar-refractivity contribution in [3.05, 3.63) is 12.2 Å². The molecule has 0 rings (SSSR count). The molecule has 0 spiro atoms. The molecule has 4 nitrogen and oxygen atoms in total. The van der Waals surface area contributed by atoms with Gasteiger partial charge in [-0.2, -0.15) is 0 Å². The molecule has 2 atom stereocenters. The maximum Gasteiger partial charge on any atom is 0.220 e. The predicted molar refractivity (Wildman–Crippen MR) is 207 cm³/mol. The fourth-order valence-electron chi connectivity index (χ4n) is 6.72. The monoisotopic (exact) mass is 664 g/mol. The predicted octanol–water partition coefficient (Wildman–Crippen LogP) is 13.1. The van der Waals surface area contributed by atoms with Gasteiger partial charge in [0.15, 0.2) is 0 Å². The van der Waals surface area contributed by atoms with E-state index in [-0.39, 0.29) is 12.5 Å². The summed E-state index contributed by atoms with van der Waals surface area (Å²) < 4.78 is 0. The Morgan fingerprint density at radius 2 is 0.851 bits per heavy atom. The Morgan fingerprint density at radius 1 is 0.489 bits per heavy atom. The van der Waals surface area contributed by atoms with Crippen LogP contribution in [0, 0.1) is 0 Å². The summed E-state index contributed by atoms with van der Waals surface area (Å²) in [5.41, 5.74) is 0. The first-order valence-electron chi connectivity index (χ1n) is 21.4. The van der Waals surface area contributed by atoms with Gasteiger partial charge in [-0.1, -0.05) is 212 Å². The first-order chi connectivity index (χ1) is 23.2. The van der Waals surface area contributed by atoms with Crippen molar-refractivity contribution in [3.8, 4) is 0 Å². The fraction of sp³-hybridized carbons (Fsp3) is 0.930. The Kier molecular flexibility index (Phi) is 38.8. The van der Waals surface area contributed by atoms with E-state index in [0.717, 1.165) is 32.1 Å². The quantitative estimate of drug-likeness (QED) is 0.0453. The zero-order valence-corrected chi connectivity index (χ0v) is 32.1. The van der Waals surface area contributed by atoms with Crippen molar-refractivity contribution in [1.29, 1.82) is 0 Å². The van der Waals surface area contributed by atoms with Crippen LogP contribution in [0.4, 0.5) is 0 Å². The van der Waals surface area contributed by atoms with Crippen LogP contribution in [0.2, 0.25) is 0 Å². The Bertz CT molecular complexity index is 637. The standard InChI is InChI=1S/C43H85NO3/c1-3-5-7-9-11-13-15-16-17-18-19-20-21-22-23-24-25-26-27-28-29-30-32-34-36-38-42(46)41(40-45)44-43(47)39-37-35-33-31-14-12-10-8-6-4-2/h8,10,41-42,45-46H,3-7,9,11-40H2,1-2H3,(H,44,47)/b10-8-. The van der Waals surface area contributed by atoms with Crippen LogP contribution in [0.15, 0.2) is 12.2 Å². The first kappa shape index (κ1) is 46.1. The minimum absolute atomic E-state index is 0.0413. The van der Waals surface area contributed by atoms with E-state index in [4.69, 9.17) is 0 Å². The van der Waals surface area contributed by atoms with Gasteiger partial charge in [-0.25, -0.2) is 0 Å². The highest BCUT2D eigenvalue weighted by molar-refractivity contribution is 5.76. The van der Waals surface area contributed by atoms with Crippen LogP contribution in [-0.2, 0) is 4.79 Å². The Hall–Kier alpha value is -0.870. The average molecular weight is 664 g/mol. The van der Waals surface area contributed by atoms with Crippen LogP contribution >= 0.6 is 0 Å². The summed E-state index contributed by atoms with van der Waals surface area (Å²) >= 11 is 0. The van der Waals surface area contributed by atoms with Gasteiger partial charge in [0, 0.05) is 6.42 Å². The number of carbonyl (C=O) groups is 1. The molecule has 280 valence electrons. The van der Waals surface area contributed by atoms with Gasteiger partial charge < -0.3 is 15.5 Å². The van der Waals surface area contributed by atoms with E-state index in [2.05, 4.69) is 31.3 Å². The Morgan fingerprint density at radius 3 is 1.26 bits per heavy atom. The summed E-state index contributed by atoms with van der Waals surface area (Å²) in [6.45, 7) is 4.30. The van der Waals surface area contributed by atoms with Crippen LogP contribution in [-0.4, -0.2) is 34.9 Å². The molecule has 0 saturated heterocycles. The van der Waals surface area contributed by atoms with Crippen molar-refractivity contribution < 1.29 is 15.0 Å². The average Bonchev–Trinajstić information content (AvgIpc) is 3.07. The number of amides is 1. The van der Waals surface area contributed by atoms with E-state index in [0.29, 0.717) is 12.8 Å². The summed E-state index contributed by atoms with van der Waals surface area (Å²) in [6.07, 6.45) is 48.7. The molecule has 4 heteroatoms. The highest BCUT2D eigenvalue weighted by atomic mass is 16.3. The van der Waals surface area contributed by atoms with E-state index in [1.165, 1.54) is 180 Å². The van der Waals surface area contributed by atoms with Crippen LogP contribution in [0.1, 0.15) is 239 Å². The molecule has 1 amide bonds. The zero-order valence-electron chi connectivity index (χ0n) is 32.1. The molecule has 0 radical (unpaired) electrons. The lowest BCUT2D eigenvalue weighted by molar-refractivity contribution is -0.123. The van der Waals surface area contributed by atoms with Gasteiger partial charge in [-0.3, -0.25) is 4.79 Å². The molecule has 0 bridgehead atoms. The normalized spacial score (nSPS) is 13.0. The van der Waals surface area contributed by atoms with Gasteiger partial charge in [-0.15, -0.1) is 0 Å². The Labute approximate surface area is 295 Å². The van der Waals surface area contributed by atoms with Crippen LogP contribution in [0.5, 0.6) is 0 Å². The minimum Gasteiger partial charge on any atom is -0.394 e. The maximum atomic E-state index is 12.3. The van der Waals surface area contributed by atoms with Crippen molar-refractivity contribution >= 4 is 5.91 Å². The number of aliphatic hydroxyl groups excluding tert-OH is 2. The lowest BCUT2D eigenvalue weighted by Gasteiger charge is -2.22. The molecule has 0 aromatic heterocycles. The molecule has 0 aromatic carbocycles. The number of hydrogen-bond donors (Lipinski definition) is 3. The van der Waals surface area contributed by atoms with E-state index >= 15 is 0 Å². The maximum absolute atomic E-state index is 12.3. The van der Waals surface area contributed by atoms with Crippen molar-refractivity contribution in [2.75, 3.05) is 6.61 Å². The van der Waals surface area contributed by atoms with Gasteiger partial charge in [0.2, 0.25) is 5.91 Å². The second-order valence-corrected chi connectivity index (χ2v) is 14.8. The minimum atomic E-state index is -0.658. The summed E-state index contributed by atoms with van der Waals surface area (Å²) in [5, 5.41) is 23.1. The van der Waals surface area contributed by atoms with Crippen LogP contribution < -0.4 is 5.32 Å². The molecule has 0 fully saturated rings. The smallest absolute Gasteiger partial charge is 0.220 e. The molecule has 0 heterocycles. The van der Waals surface area contributed by atoms with Gasteiger partial charge in [-0.05, 0) is 32.1 Å². The van der Waals surface area contributed by atoms with E-state index in [1.807, 2.05) is 0 Å². The van der Waals surface area contributed by atoms with Crippen LogP contribution in [0.3, 0.4) is 0 Å². The molecule has 0 saturated carbocycles. The van der Waals surface area contributed by atoms with Gasteiger partial charge in [0.1, 0.15) is 0 Å². The second kappa shape index (κ2) is 39.6. The largest absolute Gasteiger partial charge is 0.394 e.